The Morgan fingerprint density at radius 3 is 2.60 bits per heavy atom. The molecule has 0 fully saturated rings. The van der Waals surface area contributed by atoms with Crippen LogP contribution in [0.3, 0.4) is 0 Å². The molecule has 0 unspecified atom stereocenters. The Labute approximate surface area is 90.2 Å². The smallest absolute Gasteiger partial charge is 0.269 e. The van der Waals surface area contributed by atoms with Crippen molar-refractivity contribution in [3.63, 3.8) is 0 Å². The Morgan fingerprint density at radius 1 is 1.40 bits per heavy atom. The van der Waals surface area contributed by atoms with E-state index in [1.165, 1.54) is 0 Å². The highest BCUT2D eigenvalue weighted by Gasteiger charge is 2.13. The van der Waals surface area contributed by atoms with Crippen LogP contribution in [0, 0.1) is 0 Å². The second kappa shape index (κ2) is 5.29. The van der Waals surface area contributed by atoms with Gasteiger partial charge in [0.15, 0.2) is 0 Å². The molecular formula is C12H16N2O. The van der Waals surface area contributed by atoms with Crippen molar-refractivity contribution in [2.75, 3.05) is 14.1 Å². The zero-order valence-corrected chi connectivity index (χ0v) is 9.37. The highest BCUT2D eigenvalue weighted by molar-refractivity contribution is 6.45. The van der Waals surface area contributed by atoms with E-state index >= 15 is 0 Å². The Balaban J connectivity index is 3.18. The summed E-state index contributed by atoms with van der Waals surface area (Å²) >= 11 is 0. The van der Waals surface area contributed by atoms with Crippen molar-refractivity contribution in [2.45, 2.75) is 13.3 Å². The van der Waals surface area contributed by atoms with Crippen LogP contribution < -0.4 is 5.32 Å². The standard InChI is InChI=1S/C12H16N2O/c1-4-9-7-5-6-8-10(9)11(13-2)12(15)14-3/h5-8H,4H2,1-3H3,(H,14,15). The lowest BCUT2D eigenvalue weighted by Crippen LogP contribution is -2.29. The maximum atomic E-state index is 11.6. The number of rotatable bonds is 3. The summed E-state index contributed by atoms with van der Waals surface area (Å²) in [5, 5.41) is 2.60. The van der Waals surface area contributed by atoms with Crippen molar-refractivity contribution in [1.82, 2.24) is 5.32 Å². The number of aryl methyl sites for hydroxylation is 1. The number of carbonyl (C=O) groups is 1. The van der Waals surface area contributed by atoms with E-state index in [4.69, 9.17) is 0 Å². The molecule has 0 aliphatic rings. The largest absolute Gasteiger partial charge is 0.354 e. The maximum absolute atomic E-state index is 11.6. The fourth-order valence-electron chi connectivity index (χ4n) is 1.52. The van der Waals surface area contributed by atoms with Crippen LogP contribution in [0.4, 0.5) is 0 Å². The molecule has 0 heterocycles. The van der Waals surface area contributed by atoms with Gasteiger partial charge in [-0.15, -0.1) is 0 Å². The van der Waals surface area contributed by atoms with Crippen LogP contribution in [0.25, 0.3) is 0 Å². The average molecular weight is 204 g/mol. The Morgan fingerprint density at radius 2 is 2.07 bits per heavy atom. The summed E-state index contributed by atoms with van der Waals surface area (Å²) in [4.78, 5) is 15.6. The van der Waals surface area contributed by atoms with Crippen LogP contribution >= 0.6 is 0 Å². The van der Waals surface area contributed by atoms with Gasteiger partial charge in [-0.3, -0.25) is 9.79 Å². The molecule has 1 rings (SSSR count). The van der Waals surface area contributed by atoms with Gasteiger partial charge in [0.25, 0.3) is 5.91 Å². The number of likely N-dealkylation sites (N-methyl/N-ethyl adjacent to an activating group) is 1. The Kier molecular flexibility index (Phi) is 4.03. The van der Waals surface area contributed by atoms with Gasteiger partial charge in [0.2, 0.25) is 0 Å². The molecule has 1 aromatic carbocycles. The predicted octanol–water partition coefficient (Wildman–Crippen LogP) is 1.41. The summed E-state index contributed by atoms with van der Waals surface area (Å²) in [6.07, 6.45) is 0.895. The summed E-state index contributed by atoms with van der Waals surface area (Å²) in [6.45, 7) is 2.07. The molecule has 1 aromatic rings. The van der Waals surface area contributed by atoms with Crippen LogP contribution in [0.1, 0.15) is 18.1 Å². The molecule has 0 saturated carbocycles. The number of amides is 1. The minimum atomic E-state index is -0.140. The van der Waals surface area contributed by atoms with E-state index in [1.807, 2.05) is 24.3 Å². The monoisotopic (exact) mass is 204 g/mol. The van der Waals surface area contributed by atoms with Crippen molar-refractivity contribution in [3.05, 3.63) is 35.4 Å². The molecule has 0 saturated heterocycles. The summed E-state index contributed by atoms with van der Waals surface area (Å²) in [5.41, 5.74) is 2.55. The van der Waals surface area contributed by atoms with Crippen molar-refractivity contribution in [2.24, 2.45) is 4.99 Å². The normalized spacial score (nSPS) is 11.3. The number of hydrogen-bond acceptors (Lipinski definition) is 2. The van der Waals surface area contributed by atoms with E-state index in [1.54, 1.807) is 14.1 Å². The molecule has 0 radical (unpaired) electrons. The lowest BCUT2D eigenvalue weighted by atomic mass is 10.0. The zero-order chi connectivity index (χ0) is 11.3. The van der Waals surface area contributed by atoms with E-state index in [9.17, 15) is 4.79 Å². The lowest BCUT2D eigenvalue weighted by Gasteiger charge is -2.08. The molecule has 0 spiro atoms. The fraction of sp³-hybridized carbons (Fsp3) is 0.333. The molecular weight excluding hydrogens is 188 g/mol. The first-order valence-corrected chi connectivity index (χ1v) is 5.01. The lowest BCUT2D eigenvalue weighted by molar-refractivity contribution is -0.114. The van der Waals surface area contributed by atoms with Crippen LogP contribution in [-0.4, -0.2) is 25.7 Å². The van der Waals surface area contributed by atoms with Gasteiger partial charge in [0.05, 0.1) is 0 Å². The van der Waals surface area contributed by atoms with Gasteiger partial charge in [-0.25, -0.2) is 0 Å². The molecule has 3 heteroatoms. The van der Waals surface area contributed by atoms with E-state index in [0.29, 0.717) is 5.71 Å². The number of carbonyl (C=O) groups excluding carboxylic acids is 1. The zero-order valence-electron chi connectivity index (χ0n) is 9.37. The van der Waals surface area contributed by atoms with Crippen LogP contribution in [0.5, 0.6) is 0 Å². The number of nitrogens with one attached hydrogen (secondary N) is 1. The third-order valence-electron chi connectivity index (χ3n) is 2.32. The van der Waals surface area contributed by atoms with Crippen molar-refractivity contribution in [1.29, 1.82) is 0 Å². The van der Waals surface area contributed by atoms with Crippen molar-refractivity contribution >= 4 is 11.6 Å². The topological polar surface area (TPSA) is 41.5 Å². The summed E-state index contributed by atoms with van der Waals surface area (Å²) in [5.74, 6) is -0.140. The van der Waals surface area contributed by atoms with E-state index in [0.717, 1.165) is 17.5 Å². The van der Waals surface area contributed by atoms with Gasteiger partial charge in [0, 0.05) is 19.7 Å². The third-order valence-corrected chi connectivity index (χ3v) is 2.32. The first-order chi connectivity index (χ1) is 7.24. The molecule has 0 aliphatic heterocycles. The Bertz CT molecular complexity index is 383. The van der Waals surface area contributed by atoms with E-state index in [-0.39, 0.29) is 5.91 Å². The maximum Gasteiger partial charge on any atom is 0.269 e. The van der Waals surface area contributed by atoms with Crippen LogP contribution in [0.2, 0.25) is 0 Å². The summed E-state index contributed by atoms with van der Waals surface area (Å²) in [7, 11) is 3.25. The molecule has 80 valence electrons. The first kappa shape index (κ1) is 11.4. The number of nitrogens with zero attached hydrogens (tertiary/aromatic N) is 1. The second-order valence-corrected chi connectivity index (χ2v) is 3.16. The molecule has 0 aliphatic carbocycles. The van der Waals surface area contributed by atoms with Crippen LogP contribution in [0.15, 0.2) is 29.3 Å². The van der Waals surface area contributed by atoms with Gasteiger partial charge < -0.3 is 5.32 Å². The first-order valence-electron chi connectivity index (χ1n) is 5.01. The minimum Gasteiger partial charge on any atom is -0.354 e. The van der Waals surface area contributed by atoms with Crippen LogP contribution in [-0.2, 0) is 11.2 Å². The molecule has 3 nitrogen and oxygen atoms in total. The van der Waals surface area contributed by atoms with Gasteiger partial charge >= 0.3 is 0 Å². The van der Waals surface area contributed by atoms with Gasteiger partial charge in [-0.05, 0) is 12.0 Å². The fourth-order valence-corrected chi connectivity index (χ4v) is 1.52. The van der Waals surface area contributed by atoms with Gasteiger partial charge in [0.1, 0.15) is 5.71 Å². The molecule has 0 atom stereocenters. The van der Waals surface area contributed by atoms with E-state index in [2.05, 4.69) is 17.2 Å². The summed E-state index contributed by atoms with van der Waals surface area (Å²) in [6, 6.07) is 7.84. The highest BCUT2D eigenvalue weighted by Crippen LogP contribution is 2.10. The van der Waals surface area contributed by atoms with Crippen molar-refractivity contribution in [3.8, 4) is 0 Å². The number of hydrogen-bond donors (Lipinski definition) is 1. The molecule has 1 N–H and O–H groups in total. The van der Waals surface area contributed by atoms with Crippen molar-refractivity contribution < 1.29 is 4.79 Å². The quantitative estimate of drug-likeness (QED) is 0.743. The Hall–Kier alpha value is -1.64. The van der Waals surface area contributed by atoms with E-state index < -0.39 is 0 Å². The molecule has 15 heavy (non-hydrogen) atoms. The highest BCUT2D eigenvalue weighted by atomic mass is 16.1. The molecule has 0 aromatic heterocycles. The SMILES string of the molecule is CCc1ccccc1C(=NC)C(=O)NC. The number of benzene rings is 1. The molecule has 1 amide bonds. The minimum absolute atomic E-state index is 0.140. The average Bonchev–Trinajstić information content (AvgIpc) is 2.30. The third kappa shape index (κ3) is 2.43. The number of aliphatic imine (C=N–C) groups is 1. The van der Waals surface area contributed by atoms with Gasteiger partial charge in [-0.1, -0.05) is 31.2 Å². The second-order valence-electron chi connectivity index (χ2n) is 3.16. The predicted molar refractivity (Wildman–Crippen MR) is 62.3 cm³/mol. The summed E-state index contributed by atoms with van der Waals surface area (Å²) < 4.78 is 0. The van der Waals surface area contributed by atoms with Gasteiger partial charge in [-0.2, -0.15) is 0 Å². The molecule has 0 bridgehead atoms.